The molecule has 1 N–H and O–H groups in total. The van der Waals surface area contributed by atoms with Gasteiger partial charge in [-0.2, -0.15) is 0 Å². The lowest BCUT2D eigenvalue weighted by atomic mass is 10.0. The Morgan fingerprint density at radius 3 is 3.03 bits per heavy atom. The van der Waals surface area contributed by atoms with Gasteiger partial charge in [0.2, 0.25) is 11.7 Å². The second-order valence-electron chi connectivity index (χ2n) is 7.43. The van der Waals surface area contributed by atoms with Crippen molar-refractivity contribution in [3.8, 4) is 0 Å². The van der Waals surface area contributed by atoms with Crippen LogP contribution in [0.4, 0.5) is 0 Å². The minimum Gasteiger partial charge on any atom is -0.465 e. The van der Waals surface area contributed by atoms with Crippen molar-refractivity contribution < 1.29 is 19.1 Å². The van der Waals surface area contributed by atoms with E-state index in [2.05, 4.69) is 19.9 Å². The summed E-state index contributed by atoms with van der Waals surface area (Å²) in [5, 5.41) is 0.865. The fourth-order valence-electron chi connectivity index (χ4n) is 3.86. The normalized spacial score (nSPS) is 22.7. The molecule has 2 aromatic rings. The van der Waals surface area contributed by atoms with Crippen LogP contribution in [-0.2, 0) is 19.1 Å². The Hall–Kier alpha value is -3.00. The molecule has 2 saturated heterocycles. The van der Waals surface area contributed by atoms with Crippen LogP contribution < -0.4 is 0 Å². The Labute approximate surface area is 175 Å². The summed E-state index contributed by atoms with van der Waals surface area (Å²) in [6, 6.07) is 3.73. The number of esters is 1. The number of carbonyl (C=O) groups is 2. The van der Waals surface area contributed by atoms with Crippen LogP contribution in [0.3, 0.4) is 0 Å². The second-order valence-corrected chi connectivity index (χ2v) is 7.43. The average molecular weight is 410 g/mol. The zero-order chi connectivity index (χ0) is 20.9. The van der Waals surface area contributed by atoms with Crippen LogP contribution >= 0.6 is 0 Å². The molecule has 0 aliphatic carbocycles. The van der Waals surface area contributed by atoms with Crippen LogP contribution in [0, 0.1) is 5.92 Å². The maximum atomic E-state index is 12.9. The maximum Gasteiger partial charge on any atom is 0.326 e. The Morgan fingerprint density at radius 1 is 1.40 bits per heavy atom. The fourth-order valence-corrected chi connectivity index (χ4v) is 3.86. The number of aliphatic imine (C=N–C) groups is 1. The predicted molar refractivity (Wildman–Crippen MR) is 113 cm³/mol. The molecule has 1 unspecified atom stereocenters. The third kappa shape index (κ3) is 4.28. The van der Waals surface area contributed by atoms with Gasteiger partial charge >= 0.3 is 5.97 Å². The lowest BCUT2D eigenvalue weighted by Gasteiger charge is -2.25. The number of piperidine rings is 1. The standard InChI is InChI=1S/C22H26N4O4/c1-2-29-22(28)18-19(27)17(13-15-14-25-20-16(15)7-6-8-23-20)30-21(18)24-9-12-26-10-4-3-5-11-26/h6-8,13-14,18H,2-5,9-12H2,1H3,(H,23,25)/b17-13-,24-21?. The zero-order valence-electron chi connectivity index (χ0n) is 17.1. The molecule has 0 amide bonds. The molecule has 8 nitrogen and oxygen atoms in total. The number of allylic oxidation sites excluding steroid dienone is 1. The van der Waals surface area contributed by atoms with E-state index in [0.29, 0.717) is 12.2 Å². The quantitative estimate of drug-likeness (QED) is 0.447. The molecule has 2 aromatic heterocycles. The van der Waals surface area contributed by atoms with Crippen molar-refractivity contribution in [3.63, 3.8) is 0 Å². The van der Waals surface area contributed by atoms with Crippen LogP contribution in [0.2, 0.25) is 0 Å². The molecule has 158 valence electrons. The van der Waals surface area contributed by atoms with Gasteiger partial charge in [0.1, 0.15) is 5.65 Å². The highest BCUT2D eigenvalue weighted by Gasteiger charge is 2.44. The van der Waals surface area contributed by atoms with Gasteiger partial charge in [0.15, 0.2) is 11.7 Å². The molecule has 4 rings (SSSR count). The number of hydrogen-bond acceptors (Lipinski definition) is 7. The van der Waals surface area contributed by atoms with Crippen LogP contribution in [0.5, 0.6) is 0 Å². The number of likely N-dealkylation sites (tertiary alicyclic amines) is 1. The Morgan fingerprint density at radius 2 is 2.23 bits per heavy atom. The van der Waals surface area contributed by atoms with Gasteiger partial charge in [0.25, 0.3) is 0 Å². The van der Waals surface area contributed by atoms with Crippen molar-refractivity contribution in [1.82, 2.24) is 14.9 Å². The number of aromatic nitrogens is 2. The monoisotopic (exact) mass is 410 g/mol. The van der Waals surface area contributed by atoms with Crippen LogP contribution in [0.1, 0.15) is 31.7 Å². The van der Waals surface area contributed by atoms with E-state index < -0.39 is 17.7 Å². The van der Waals surface area contributed by atoms with Crippen molar-refractivity contribution in [2.45, 2.75) is 26.2 Å². The Kier molecular flexibility index (Phi) is 6.23. The van der Waals surface area contributed by atoms with E-state index in [9.17, 15) is 9.59 Å². The minimum absolute atomic E-state index is 0.0922. The number of hydrogen-bond donors (Lipinski definition) is 1. The number of rotatable bonds is 6. The summed E-state index contributed by atoms with van der Waals surface area (Å²) in [5.41, 5.74) is 1.48. The molecule has 30 heavy (non-hydrogen) atoms. The summed E-state index contributed by atoms with van der Waals surface area (Å²) in [6.45, 7) is 5.28. The fraction of sp³-hybridized carbons (Fsp3) is 0.455. The number of carbonyl (C=O) groups excluding carboxylic acids is 2. The van der Waals surface area contributed by atoms with Crippen molar-refractivity contribution >= 4 is 34.8 Å². The van der Waals surface area contributed by atoms with E-state index in [1.54, 1.807) is 25.4 Å². The van der Waals surface area contributed by atoms with Crippen molar-refractivity contribution in [2.24, 2.45) is 10.9 Å². The zero-order valence-corrected chi connectivity index (χ0v) is 17.1. The first-order chi connectivity index (χ1) is 14.7. The van der Waals surface area contributed by atoms with E-state index in [4.69, 9.17) is 9.47 Å². The third-order valence-corrected chi connectivity index (χ3v) is 5.39. The Bertz CT molecular complexity index is 988. The van der Waals surface area contributed by atoms with E-state index in [1.165, 1.54) is 19.3 Å². The van der Waals surface area contributed by atoms with Gasteiger partial charge in [-0.25, -0.2) is 4.98 Å². The lowest BCUT2D eigenvalue weighted by molar-refractivity contribution is -0.147. The summed E-state index contributed by atoms with van der Waals surface area (Å²) in [4.78, 5) is 39.5. The molecule has 8 heteroatoms. The van der Waals surface area contributed by atoms with Gasteiger partial charge < -0.3 is 19.4 Å². The molecule has 2 aliphatic rings. The first kappa shape index (κ1) is 20.3. The van der Waals surface area contributed by atoms with Crippen molar-refractivity contribution in [3.05, 3.63) is 35.8 Å². The van der Waals surface area contributed by atoms with Gasteiger partial charge in [-0.3, -0.25) is 14.6 Å². The molecule has 0 spiro atoms. The van der Waals surface area contributed by atoms with Gasteiger partial charge in [-0.15, -0.1) is 0 Å². The maximum absolute atomic E-state index is 12.9. The smallest absolute Gasteiger partial charge is 0.326 e. The molecule has 1 atom stereocenters. The van der Waals surface area contributed by atoms with Crippen molar-refractivity contribution in [2.75, 3.05) is 32.8 Å². The number of Topliss-reactive ketones (excluding diaryl/α,β-unsaturated/α-hetero) is 1. The number of ether oxygens (including phenoxy) is 2. The molecular weight excluding hydrogens is 384 g/mol. The van der Waals surface area contributed by atoms with Gasteiger partial charge in [-0.1, -0.05) is 6.42 Å². The number of aromatic amines is 1. The summed E-state index contributed by atoms with van der Waals surface area (Å²) in [6.07, 6.45) is 8.74. The third-order valence-electron chi connectivity index (χ3n) is 5.39. The minimum atomic E-state index is -1.14. The second kappa shape index (κ2) is 9.21. The predicted octanol–water partition coefficient (Wildman–Crippen LogP) is 2.57. The average Bonchev–Trinajstić information content (AvgIpc) is 3.30. The molecule has 0 radical (unpaired) electrons. The number of nitrogens with one attached hydrogen (secondary N) is 1. The molecule has 0 bridgehead atoms. The number of pyridine rings is 1. The Balaban J connectivity index is 1.56. The SMILES string of the molecule is CCOC(=O)C1C(=O)/C(=C/c2c[nH]c3ncccc23)OC1=NCCN1CCCCC1. The molecule has 2 aliphatic heterocycles. The van der Waals surface area contributed by atoms with E-state index in [-0.39, 0.29) is 18.3 Å². The molecular formula is C22H26N4O4. The van der Waals surface area contributed by atoms with Gasteiger partial charge in [-0.05, 0) is 51.1 Å². The molecule has 0 saturated carbocycles. The van der Waals surface area contributed by atoms with E-state index in [1.807, 2.05) is 12.1 Å². The molecule has 4 heterocycles. The summed E-state index contributed by atoms with van der Waals surface area (Å²) in [5.74, 6) is -1.97. The number of fused-ring (bicyclic) bond motifs is 1. The summed E-state index contributed by atoms with van der Waals surface area (Å²) < 4.78 is 10.9. The number of ketones is 1. The number of nitrogens with zero attached hydrogens (tertiary/aromatic N) is 3. The number of H-pyrrole nitrogens is 1. The largest absolute Gasteiger partial charge is 0.465 e. The molecule has 0 aromatic carbocycles. The van der Waals surface area contributed by atoms with E-state index >= 15 is 0 Å². The highest BCUT2D eigenvalue weighted by molar-refractivity contribution is 6.27. The summed E-state index contributed by atoms with van der Waals surface area (Å²) in [7, 11) is 0. The first-order valence-electron chi connectivity index (χ1n) is 10.5. The van der Waals surface area contributed by atoms with Crippen molar-refractivity contribution in [1.29, 1.82) is 0 Å². The first-order valence-corrected chi connectivity index (χ1v) is 10.5. The molecule has 2 fully saturated rings. The summed E-state index contributed by atoms with van der Waals surface area (Å²) >= 11 is 0. The van der Waals surface area contributed by atoms with E-state index in [0.717, 1.165) is 30.6 Å². The van der Waals surface area contributed by atoms with Gasteiger partial charge in [0, 0.05) is 29.9 Å². The highest BCUT2D eigenvalue weighted by atomic mass is 16.5. The van der Waals surface area contributed by atoms with Gasteiger partial charge in [0.05, 0.1) is 13.2 Å². The van der Waals surface area contributed by atoms with Crippen LogP contribution in [0.15, 0.2) is 35.3 Å². The van der Waals surface area contributed by atoms with Crippen LogP contribution in [-0.4, -0.2) is 65.3 Å². The topological polar surface area (TPSA) is 96.9 Å². The van der Waals surface area contributed by atoms with Crippen LogP contribution in [0.25, 0.3) is 17.1 Å². The lowest BCUT2D eigenvalue weighted by Crippen LogP contribution is -2.32. The highest BCUT2D eigenvalue weighted by Crippen LogP contribution is 2.27.